The molecule has 31 heavy (non-hydrogen) atoms. The Bertz CT molecular complexity index is 1290. The third-order valence-corrected chi connectivity index (χ3v) is 8.43. The van der Waals surface area contributed by atoms with Crippen LogP contribution in [-0.4, -0.2) is 27.7 Å². The second-order valence-electron chi connectivity index (χ2n) is 7.73. The summed E-state index contributed by atoms with van der Waals surface area (Å²) in [6.45, 7) is 2.51. The third kappa shape index (κ3) is 4.98. The highest BCUT2D eigenvalue weighted by Crippen LogP contribution is 2.27. The molecule has 0 aromatic heterocycles. The van der Waals surface area contributed by atoms with Gasteiger partial charge in [0.1, 0.15) is 0 Å². The van der Waals surface area contributed by atoms with Gasteiger partial charge < -0.3 is 0 Å². The topological polar surface area (TPSA) is 83.6 Å². The molecule has 4 rings (SSSR count). The first-order valence-corrected chi connectivity index (χ1v) is 13.1. The highest BCUT2D eigenvalue weighted by Gasteiger charge is 2.28. The largest absolute Gasteiger partial charge is 0.283 e. The van der Waals surface area contributed by atoms with Crippen LogP contribution in [0.3, 0.4) is 0 Å². The van der Waals surface area contributed by atoms with Gasteiger partial charge in [-0.25, -0.2) is 16.8 Å². The molecule has 1 aliphatic rings. The molecule has 0 spiro atoms. The molecular weight excluding hydrogens is 432 g/mol. The van der Waals surface area contributed by atoms with E-state index in [0.29, 0.717) is 24.2 Å². The van der Waals surface area contributed by atoms with Crippen LogP contribution in [0, 0.1) is 6.92 Å². The lowest BCUT2D eigenvalue weighted by Crippen LogP contribution is -2.36. The van der Waals surface area contributed by atoms with Crippen LogP contribution in [0.4, 0.5) is 5.69 Å². The Kier molecular flexibility index (Phi) is 5.88. The van der Waals surface area contributed by atoms with Crippen LogP contribution >= 0.6 is 0 Å². The first-order valence-electron chi connectivity index (χ1n) is 9.96. The molecule has 8 heteroatoms. The number of nitrogens with zero attached hydrogens (tertiary/aromatic N) is 1. The van der Waals surface area contributed by atoms with Crippen molar-refractivity contribution >= 4 is 25.7 Å². The van der Waals surface area contributed by atoms with Crippen LogP contribution in [0.2, 0.25) is 0 Å². The molecule has 0 saturated heterocycles. The maximum Gasteiger partial charge on any atom is 0.243 e. The normalized spacial score (nSPS) is 14.7. The third-order valence-electron chi connectivity index (χ3n) is 5.32. The van der Waals surface area contributed by atoms with Crippen molar-refractivity contribution < 1.29 is 16.8 Å². The summed E-state index contributed by atoms with van der Waals surface area (Å²) in [5.41, 5.74) is 3.96. The van der Waals surface area contributed by atoms with Crippen LogP contribution in [0.5, 0.6) is 0 Å². The summed E-state index contributed by atoms with van der Waals surface area (Å²) in [6.07, 6.45) is 0.581. The number of fused-ring (bicyclic) bond motifs is 1. The molecule has 0 fully saturated rings. The zero-order valence-corrected chi connectivity index (χ0v) is 18.8. The van der Waals surface area contributed by atoms with Crippen molar-refractivity contribution in [3.63, 3.8) is 0 Å². The fourth-order valence-corrected chi connectivity index (χ4v) is 6.28. The van der Waals surface area contributed by atoms with Gasteiger partial charge in [-0.1, -0.05) is 54.1 Å². The zero-order chi connectivity index (χ0) is 22.1. The molecule has 1 aliphatic heterocycles. The Hall–Kier alpha value is -2.68. The van der Waals surface area contributed by atoms with Crippen LogP contribution in [0.25, 0.3) is 0 Å². The van der Waals surface area contributed by atoms with Gasteiger partial charge in [-0.05, 0) is 54.3 Å². The maximum absolute atomic E-state index is 13.0. The molecule has 1 heterocycles. The predicted octanol–water partition coefficient (Wildman–Crippen LogP) is 3.68. The van der Waals surface area contributed by atoms with E-state index in [9.17, 15) is 16.8 Å². The first-order chi connectivity index (χ1) is 14.7. The van der Waals surface area contributed by atoms with Crippen molar-refractivity contribution in [2.45, 2.75) is 30.5 Å². The second-order valence-corrected chi connectivity index (χ2v) is 11.4. The molecular formula is C23H24N2O4S2. The van der Waals surface area contributed by atoms with E-state index in [1.165, 1.54) is 4.31 Å². The standard InChI is InChI=1S/C23H24N2O4S2/c1-18-7-11-23(12-8-18)31(28,29)25-14-13-20-9-10-22(15-21(20)16-25)24-30(26,27)17-19-5-3-2-4-6-19/h2-12,15,24H,13-14,16-17H2,1H3. The van der Waals surface area contributed by atoms with Gasteiger partial charge >= 0.3 is 0 Å². The molecule has 6 nitrogen and oxygen atoms in total. The SMILES string of the molecule is Cc1ccc(S(=O)(=O)N2CCc3ccc(NS(=O)(=O)Cc4ccccc4)cc3C2)cc1. The quantitative estimate of drug-likeness (QED) is 0.613. The molecule has 0 unspecified atom stereocenters. The number of nitrogens with one attached hydrogen (secondary N) is 1. The van der Waals surface area contributed by atoms with E-state index in [2.05, 4.69) is 4.72 Å². The van der Waals surface area contributed by atoms with E-state index < -0.39 is 20.0 Å². The Labute approximate surface area is 183 Å². The Balaban J connectivity index is 1.53. The van der Waals surface area contributed by atoms with Gasteiger partial charge in [0, 0.05) is 18.8 Å². The molecule has 0 radical (unpaired) electrons. The lowest BCUT2D eigenvalue weighted by molar-refractivity contribution is 0.391. The molecule has 0 bridgehead atoms. The van der Waals surface area contributed by atoms with Gasteiger partial charge in [0.15, 0.2) is 0 Å². The molecule has 162 valence electrons. The number of sulfonamides is 2. The van der Waals surface area contributed by atoms with E-state index in [1.807, 2.05) is 19.1 Å². The number of anilines is 1. The minimum Gasteiger partial charge on any atom is -0.283 e. The van der Waals surface area contributed by atoms with E-state index >= 15 is 0 Å². The predicted molar refractivity (Wildman–Crippen MR) is 122 cm³/mol. The summed E-state index contributed by atoms with van der Waals surface area (Å²) in [7, 11) is -7.20. The first kappa shape index (κ1) is 21.5. The van der Waals surface area contributed by atoms with E-state index in [-0.39, 0.29) is 17.2 Å². The minimum atomic E-state index is -3.62. The minimum absolute atomic E-state index is 0.126. The summed E-state index contributed by atoms with van der Waals surface area (Å²) < 4.78 is 55.3. The fourth-order valence-electron chi connectivity index (χ4n) is 3.67. The van der Waals surface area contributed by atoms with Gasteiger partial charge in [-0.3, -0.25) is 4.72 Å². The van der Waals surface area contributed by atoms with Gasteiger partial charge in [0.25, 0.3) is 0 Å². The molecule has 0 amide bonds. The Morgan fingerprint density at radius 1 is 0.871 bits per heavy atom. The van der Waals surface area contributed by atoms with Crippen LogP contribution in [0.1, 0.15) is 22.3 Å². The summed E-state index contributed by atoms with van der Waals surface area (Å²) in [5, 5.41) is 0. The van der Waals surface area contributed by atoms with Crippen molar-refractivity contribution in [1.82, 2.24) is 4.31 Å². The van der Waals surface area contributed by atoms with Crippen molar-refractivity contribution in [3.8, 4) is 0 Å². The van der Waals surface area contributed by atoms with Crippen LogP contribution in [-0.2, 0) is 38.8 Å². The highest BCUT2D eigenvalue weighted by atomic mass is 32.2. The summed E-state index contributed by atoms with van der Waals surface area (Å²) in [6, 6.07) is 21.1. The van der Waals surface area contributed by atoms with Crippen molar-refractivity contribution in [1.29, 1.82) is 0 Å². The van der Waals surface area contributed by atoms with Crippen molar-refractivity contribution in [3.05, 3.63) is 95.1 Å². The van der Waals surface area contributed by atoms with Gasteiger partial charge in [-0.2, -0.15) is 4.31 Å². The number of hydrogen-bond acceptors (Lipinski definition) is 4. The highest BCUT2D eigenvalue weighted by molar-refractivity contribution is 7.91. The Morgan fingerprint density at radius 2 is 1.58 bits per heavy atom. The maximum atomic E-state index is 13.0. The number of aryl methyl sites for hydroxylation is 1. The van der Waals surface area contributed by atoms with Crippen LogP contribution in [0.15, 0.2) is 77.7 Å². The molecule has 0 atom stereocenters. The zero-order valence-electron chi connectivity index (χ0n) is 17.2. The molecule has 1 N–H and O–H groups in total. The van der Waals surface area contributed by atoms with Gasteiger partial charge in [-0.15, -0.1) is 0 Å². The van der Waals surface area contributed by atoms with Gasteiger partial charge in [0.2, 0.25) is 20.0 Å². The summed E-state index contributed by atoms with van der Waals surface area (Å²) in [4.78, 5) is 0.265. The average molecular weight is 457 g/mol. The average Bonchev–Trinajstić information content (AvgIpc) is 2.73. The number of hydrogen-bond donors (Lipinski definition) is 1. The van der Waals surface area contributed by atoms with Crippen molar-refractivity contribution in [2.24, 2.45) is 0 Å². The lowest BCUT2D eigenvalue weighted by Gasteiger charge is -2.28. The summed E-state index contributed by atoms with van der Waals surface area (Å²) in [5.74, 6) is -0.126. The smallest absolute Gasteiger partial charge is 0.243 e. The second kappa shape index (κ2) is 8.45. The van der Waals surface area contributed by atoms with E-state index in [0.717, 1.165) is 16.7 Å². The molecule has 3 aromatic carbocycles. The number of benzene rings is 3. The molecule has 0 saturated carbocycles. The molecule has 0 aliphatic carbocycles. The van der Waals surface area contributed by atoms with E-state index in [4.69, 9.17) is 0 Å². The van der Waals surface area contributed by atoms with Crippen molar-refractivity contribution in [2.75, 3.05) is 11.3 Å². The Morgan fingerprint density at radius 3 is 2.29 bits per heavy atom. The van der Waals surface area contributed by atoms with Crippen LogP contribution < -0.4 is 4.72 Å². The summed E-state index contributed by atoms with van der Waals surface area (Å²) >= 11 is 0. The van der Waals surface area contributed by atoms with E-state index in [1.54, 1.807) is 60.7 Å². The van der Waals surface area contributed by atoms with Gasteiger partial charge in [0.05, 0.1) is 10.6 Å². The fraction of sp³-hybridized carbons (Fsp3) is 0.217. The number of rotatable bonds is 6. The lowest BCUT2D eigenvalue weighted by atomic mass is 10.0. The monoisotopic (exact) mass is 456 g/mol. The molecule has 3 aromatic rings.